The quantitative estimate of drug-likeness (QED) is 0.915. The molecule has 0 aromatic carbocycles. The van der Waals surface area contributed by atoms with Crippen molar-refractivity contribution in [1.82, 2.24) is 15.1 Å². The Morgan fingerprint density at radius 2 is 2.35 bits per heavy atom. The minimum absolute atomic E-state index is 0.0795. The summed E-state index contributed by atoms with van der Waals surface area (Å²) in [6.45, 7) is 2.11. The number of hydrogen-bond acceptors (Lipinski definition) is 3. The van der Waals surface area contributed by atoms with Crippen LogP contribution in [0.2, 0.25) is 0 Å². The van der Waals surface area contributed by atoms with Crippen LogP contribution in [0.1, 0.15) is 34.8 Å². The second-order valence-corrected chi connectivity index (χ2v) is 5.46. The molecule has 5 nitrogen and oxygen atoms in total. The Balaban J connectivity index is 1.63. The SMILES string of the molecule is O=C(c1cn[nH]c1C1CCOC1)N1CC(CC(F)F)C1. The zero-order valence-electron chi connectivity index (χ0n) is 11.0. The number of amides is 1. The van der Waals surface area contributed by atoms with E-state index in [0.717, 1.165) is 12.1 Å². The topological polar surface area (TPSA) is 58.2 Å². The van der Waals surface area contributed by atoms with Crippen LogP contribution in [0.15, 0.2) is 6.20 Å². The van der Waals surface area contributed by atoms with E-state index in [9.17, 15) is 13.6 Å². The molecule has 1 N–H and O–H groups in total. The second-order valence-electron chi connectivity index (χ2n) is 5.46. The molecule has 2 fully saturated rings. The highest BCUT2D eigenvalue weighted by atomic mass is 19.3. The van der Waals surface area contributed by atoms with Gasteiger partial charge in [0.25, 0.3) is 5.91 Å². The first-order chi connectivity index (χ1) is 9.65. The molecule has 2 aliphatic rings. The maximum atomic E-state index is 12.3. The maximum absolute atomic E-state index is 12.3. The molecule has 3 heterocycles. The van der Waals surface area contributed by atoms with E-state index < -0.39 is 6.43 Å². The van der Waals surface area contributed by atoms with Gasteiger partial charge in [0.2, 0.25) is 6.43 Å². The Bertz CT molecular complexity index is 480. The van der Waals surface area contributed by atoms with E-state index in [1.54, 1.807) is 4.90 Å². The molecule has 1 atom stereocenters. The molecule has 1 unspecified atom stereocenters. The third-order valence-corrected chi connectivity index (χ3v) is 3.99. The van der Waals surface area contributed by atoms with Gasteiger partial charge in [-0.3, -0.25) is 9.89 Å². The molecule has 110 valence electrons. The van der Waals surface area contributed by atoms with Gasteiger partial charge in [-0.2, -0.15) is 5.10 Å². The maximum Gasteiger partial charge on any atom is 0.257 e. The van der Waals surface area contributed by atoms with Gasteiger partial charge in [-0.1, -0.05) is 0 Å². The van der Waals surface area contributed by atoms with Gasteiger partial charge in [-0.05, 0) is 12.3 Å². The van der Waals surface area contributed by atoms with Crippen molar-refractivity contribution in [2.75, 3.05) is 26.3 Å². The molecule has 0 radical (unpaired) electrons. The zero-order valence-corrected chi connectivity index (χ0v) is 11.0. The number of aromatic amines is 1. The number of nitrogens with zero attached hydrogens (tertiary/aromatic N) is 2. The van der Waals surface area contributed by atoms with Gasteiger partial charge >= 0.3 is 0 Å². The van der Waals surface area contributed by atoms with Gasteiger partial charge in [-0.15, -0.1) is 0 Å². The molecule has 20 heavy (non-hydrogen) atoms. The molecule has 1 amide bonds. The van der Waals surface area contributed by atoms with Crippen LogP contribution in [-0.2, 0) is 4.74 Å². The van der Waals surface area contributed by atoms with Crippen molar-refractivity contribution < 1.29 is 18.3 Å². The molecule has 2 aliphatic heterocycles. The number of H-pyrrole nitrogens is 1. The van der Waals surface area contributed by atoms with Crippen molar-refractivity contribution in [2.45, 2.75) is 25.2 Å². The predicted molar refractivity (Wildman–Crippen MR) is 66.8 cm³/mol. The third-order valence-electron chi connectivity index (χ3n) is 3.99. The lowest BCUT2D eigenvalue weighted by Gasteiger charge is -2.39. The molecule has 2 saturated heterocycles. The Hall–Kier alpha value is -1.50. The highest BCUT2D eigenvalue weighted by molar-refractivity contribution is 5.95. The molecule has 3 rings (SSSR count). The third kappa shape index (κ3) is 2.54. The van der Waals surface area contributed by atoms with Crippen molar-refractivity contribution in [3.63, 3.8) is 0 Å². The molecule has 0 aliphatic carbocycles. The van der Waals surface area contributed by atoms with E-state index in [1.807, 2.05) is 0 Å². The van der Waals surface area contributed by atoms with Crippen molar-refractivity contribution in [2.24, 2.45) is 5.92 Å². The predicted octanol–water partition coefficient (Wildman–Crippen LogP) is 1.64. The van der Waals surface area contributed by atoms with Gasteiger partial charge in [0.05, 0.1) is 24.1 Å². The molecular formula is C13H17F2N3O2. The zero-order chi connectivity index (χ0) is 14.1. The summed E-state index contributed by atoms with van der Waals surface area (Å²) in [5.74, 6) is -0.0233. The number of hydrogen-bond donors (Lipinski definition) is 1. The summed E-state index contributed by atoms with van der Waals surface area (Å²) in [6, 6.07) is 0. The van der Waals surface area contributed by atoms with Crippen LogP contribution >= 0.6 is 0 Å². The number of nitrogens with one attached hydrogen (secondary N) is 1. The largest absolute Gasteiger partial charge is 0.381 e. The smallest absolute Gasteiger partial charge is 0.257 e. The summed E-state index contributed by atoms with van der Waals surface area (Å²) in [6.07, 6.45) is -0.0249. The molecule has 7 heteroatoms. The van der Waals surface area contributed by atoms with Crippen LogP contribution < -0.4 is 0 Å². The highest BCUT2D eigenvalue weighted by Crippen LogP contribution is 2.29. The van der Waals surface area contributed by atoms with Crippen LogP contribution in [0, 0.1) is 5.92 Å². The van der Waals surface area contributed by atoms with E-state index in [2.05, 4.69) is 10.2 Å². The van der Waals surface area contributed by atoms with E-state index in [-0.39, 0.29) is 24.2 Å². The van der Waals surface area contributed by atoms with Gasteiger partial charge < -0.3 is 9.64 Å². The van der Waals surface area contributed by atoms with Crippen LogP contribution in [0.3, 0.4) is 0 Å². The minimum atomic E-state index is -2.29. The fraction of sp³-hybridized carbons (Fsp3) is 0.692. The monoisotopic (exact) mass is 285 g/mol. The van der Waals surface area contributed by atoms with E-state index >= 15 is 0 Å². The van der Waals surface area contributed by atoms with E-state index in [0.29, 0.717) is 31.9 Å². The number of alkyl halides is 2. The summed E-state index contributed by atoms with van der Waals surface area (Å²) in [4.78, 5) is 13.9. The Kier molecular flexibility index (Phi) is 3.69. The van der Waals surface area contributed by atoms with E-state index in [4.69, 9.17) is 4.74 Å². The first-order valence-corrected chi connectivity index (χ1v) is 6.83. The fourth-order valence-corrected chi connectivity index (χ4v) is 2.85. The Morgan fingerprint density at radius 3 is 3.00 bits per heavy atom. The highest BCUT2D eigenvalue weighted by Gasteiger charge is 2.35. The van der Waals surface area contributed by atoms with Crippen LogP contribution in [-0.4, -0.2) is 53.7 Å². The van der Waals surface area contributed by atoms with Crippen molar-refractivity contribution >= 4 is 5.91 Å². The lowest BCUT2D eigenvalue weighted by molar-refractivity contribution is 0.0279. The first kappa shape index (κ1) is 13.5. The summed E-state index contributed by atoms with van der Waals surface area (Å²) in [5.41, 5.74) is 1.36. The summed E-state index contributed by atoms with van der Waals surface area (Å²) < 4.78 is 29.8. The van der Waals surface area contributed by atoms with Crippen LogP contribution in [0.25, 0.3) is 0 Å². The number of aromatic nitrogens is 2. The minimum Gasteiger partial charge on any atom is -0.381 e. The first-order valence-electron chi connectivity index (χ1n) is 6.83. The average molecular weight is 285 g/mol. The van der Waals surface area contributed by atoms with Crippen LogP contribution in [0.5, 0.6) is 0 Å². The number of likely N-dealkylation sites (tertiary alicyclic amines) is 1. The molecule has 0 spiro atoms. The fourth-order valence-electron chi connectivity index (χ4n) is 2.85. The van der Waals surface area contributed by atoms with Gasteiger partial charge in [0, 0.05) is 32.0 Å². The summed E-state index contributed by atoms with van der Waals surface area (Å²) in [7, 11) is 0. The molecule has 1 aromatic rings. The Labute approximate surface area is 115 Å². The lowest BCUT2D eigenvalue weighted by Crippen LogP contribution is -2.50. The summed E-state index contributed by atoms with van der Waals surface area (Å²) >= 11 is 0. The molecular weight excluding hydrogens is 268 g/mol. The average Bonchev–Trinajstić information content (AvgIpc) is 3.00. The van der Waals surface area contributed by atoms with Gasteiger partial charge in [-0.25, -0.2) is 8.78 Å². The number of ether oxygens (including phenoxy) is 1. The number of carbonyl (C=O) groups excluding carboxylic acids is 1. The van der Waals surface area contributed by atoms with Crippen molar-refractivity contribution in [3.8, 4) is 0 Å². The summed E-state index contributed by atoms with van der Waals surface area (Å²) in [5, 5.41) is 6.83. The van der Waals surface area contributed by atoms with Crippen molar-refractivity contribution in [3.05, 3.63) is 17.5 Å². The number of carbonyl (C=O) groups is 1. The molecule has 0 saturated carbocycles. The molecule has 1 aromatic heterocycles. The van der Waals surface area contributed by atoms with Gasteiger partial charge in [0.15, 0.2) is 0 Å². The molecule has 0 bridgehead atoms. The second kappa shape index (κ2) is 5.47. The Morgan fingerprint density at radius 1 is 1.55 bits per heavy atom. The number of rotatable bonds is 4. The van der Waals surface area contributed by atoms with E-state index in [1.165, 1.54) is 6.20 Å². The van der Waals surface area contributed by atoms with Crippen LogP contribution in [0.4, 0.5) is 8.78 Å². The normalized spacial score (nSPS) is 23.4. The van der Waals surface area contributed by atoms with Gasteiger partial charge in [0.1, 0.15) is 0 Å². The van der Waals surface area contributed by atoms with Crippen molar-refractivity contribution in [1.29, 1.82) is 0 Å². The number of halogens is 2. The lowest BCUT2D eigenvalue weighted by atomic mass is 9.94. The standard InChI is InChI=1S/C13H17F2N3O2/c14-11(15)3-8-5-18(6-8)13(19)10-4-16-17-12(10)9-1-2-20-7-9/h4,8-9,11H,1-3,5-7H2,(H,16,17).